The van der Waals surface area contributed by atoms with Crippen molar-refractivity contribution in [2.24, 2.45) is 5.92 Å². The summed E-state index contributed by atoms with van der Waals surface area (Å²) < 4.78 is 4.35. The second-order valence-electron chi connectivity index (χ2n) is 3.24. The molecule has 0 heterocycles. The van der Waals surface area contributed by atoms with Crippen molar-refractivity contribution in [3.05, 3.63) is 12.8 Å². The summed E-state index contributed by atoms with van der Waals surface area (Å²) in [4.78, 5) is 21.6. The van der Waals surface area contributed by atoms with Gasteiger partial charge in [-0.2, -0.15) is 0 Å². The number of hydrogen-bond acceptors (Lipinski definition) is 3. The molecule has 0 aromatic heterocycles. The van der Waals surface area contributed by atoms with Gasteiger partial charge in [-0.1, -0.05) is 20.4 Å². The zero-order chi connectivity index (χ0) is 11.1. The lowest BCUT2D eigenvalue weighted by atomic mass is 10.0. The maximum Gasteiger partial charge on any atom is 0.412 e. The summed E-state index contributed by atoms with van der Waals surface area (Å²) in [5.74, 6) is -0.889. The first kappa shape index (κ1) is 12.5. The zero-order valence-corrected chi connectivity index (χ0v) is 8.32. The van der Waals surface area contributed by atoms with Crippen molar-refractivity contribution in [1.82, 2.24) is 5.32 Å². The van der Waals surface area contributed by atoms with Crippen LogP contribution in [-0.2, 0) is 9.53 Å². The van der Waals surface area contributed by atoms with Crippen LogP contribution in [0.5, 0.6) is 0 Å². The highest BCUT2D eigenvalue weighted by Crippen LogP contribution is 2.05. The molecule has 0 saturated carbocycles. The van der Waals surface area contributed by atoms with Gasteiger partial charge in [0.25, 0.3) is 0 Å². The molecule has 2 N–H and O–H groups in total. The van der Waals surface area contributed by atoms with E-state index in [-0.39, 0.29) is 5.92 Å². The lowest BCUT2D eigenvalue weighted by molar-refractivity contribution is -0.139. The van der Waals surface area contributed by atoms with Crippen molar-refractivity contribution in [3.63, 3.8) is 0 Å². The molecule has 0 spiro atoms. The van der Waals surface area contributed by atoms with Crippen molar-refractivity contribution in [1.29, 1.82) is 0 Å². The zero-order valence-electron chi connectivity index (χ0n) is 8.32. The number of amides is 1. The maximum atomic E-state index is 10.9. The van der Waals surface area contributed by atoms with Crippen molar-refractivity contribution < 1.29 is 19.4 Å². The first-order valence-corrected chi connectivity index (χ1v) is 4.28. The van der Waals surface area contributed by atoms with Gasteiger partial charge in [-0.25, -0.2) is 9.59 Å². The van der Waals surface area contributed by atoms with Gasteiger partial charge < -0.3 is 15.2 Å². The molecule has 80 valence electrons. The molecule has 0 bridgehead atoms. The quantitative estimate of drug-likeness (QED) is 0.658. The second-order valence-corrected chi connectivity index (χ2v) is 3.24. The van der Waals surface area contributed by atoms with Crippen LogP contribution in [0.2, 0.25) is 0 Å². The summed E-state index contributed by atoms with van der Waals surface area (Å²) in [6.45, 7) is 6.93. The molecule has 1 unspecified atom stereocenters. The van der Waals surface area contributed by atoms with Crippen LogP contribution in [0.15, 0.2) is 12.8 Å². The van der Waals surface area contributed by atoms with Crippen LogP contribution in [-0.4, -0.2) is 23.2 Å². The number of ether oxygens (including phenoxy) is 1. The Balaban J connectivity index is 4.15. The van der Waals surface area contributed by atoms with E-state index in [1.807, 2.05) is 13.8 Å². The molecule has 1 atom stereocenters. The highest BCUT2D eigenvalue weighted by Gasteiger charge is 2.21. The Kier molecular flexibility index (Phi) is 5.36. The summed E-state index contributed by atoms with van der Waals surface area (Å²) in [5, 5.41) is 11.0. The molecule has 0 saturated heterocycles. The number of carbonyl (C=O) groups excluding carboxylic acids is 1. The normalized spacial score (nSPS) is 11.9. The molecule has 0 aromatic rings. The molecule has 5 nitrogen and oxygen atoms in total. The molecule has 0 radical (unpaired) electrons. The monoisotopic (exact) mass is 201 g/mol. The molecular formula is C9H15NO4. The van der Waals surface area contributed by atoms with E-state index >= 15 is 0 Å². The third-order valence-electron chi connectivity index (χ3n) is 1.49. The predicted octanol–water partition coefficient (Wildman–Crippen LogP) is 1.36. The summed E-state index contributed by atoms with van der Waals surface area (Å²) >= 11 is 0. The molecule has 14 heavy (non-hydrogen) atoms. The van der Waals surface area contributed by atoms with Gasteiger partial charge in [-0.3, -0.25) is 0 Å². The van der Waals surface area contributed by atoms with Gasteiger partial charge in [-0.05, 0) is 12.3 Å². The van der Waals surface area contributed by atoms with E-state index in [0.717, 1.165) is 6.26 Å². The minimum atomic E-state index is -1.07. The number of rotatable bonds is 5. The summed E-state index contributed by atoms with van der Waals surface area (Å²) in [5.41, 5.74) is 0. The van der Waals surface area contributed by atoms with Crippen LogP contribution in [0.25, 0.3) is 0 Å². The van der Waals surface area contributed by atoms with Crippen LogP contribution in [0.4, 0.5) is 4.79 Å². The number of carboxylic acid groups (broad SMARTS) is 1. The lowest BCUT2D eigenvalue weighted by Gasteiger charge is -2.15. The third-order valence-corrected chi connectivity index (χ3v) is 1.49. The van der Waals surface area contributed by atoms with Crippen LogP contribution in [0.1, 0.15) is 20.3 Å². The first-order chi connectivity index (χ1) is 6.47. The summed E-state index contributed by atoms with van der Waals surface area (Å²) in [7, 11) is 0. The van der Waals surface area contributed by atoms with Gasteiger partial charge in [0.15, 0.2) is 0 Å². The highest BCUT2D eigenvalue weighted by molar-refractivity contribution is 5.79. The van der Waals surface area contributed by atoms with E-state index in [1.54, 1.807) is 0 Å². The second kappa shape index (κ2) is 6.01. The average Bonchev–Trinajstić information content (AvgIpc) is 2.02. The predicted molar refractivity (Wildman–Crippen MR) is 50.7 cm³/mol. The average molecular weight is 201 g/mol. The number of alkyl carbamates (subject to hydrolysis) is 1. The lowest BCUT2D eigenvalue weighted by Crippen LogP contribution is -2.41. The number of carboxylic acids is 1. The Morgan fingerprint density at radius 2 is 2.14 bits per heavy atom. The first-order valence-electron chi connectivity index (χ1n) is 4.28. The fourth-order valence-electron chi connectivity index (χ4n) is 0.945. The van der Waals surface area contributed by atoms with E-state index in [9.17, 15) is 9.59 Å². The van der Waals surface area contributed by atoms with Gasteiger partial charge in [0.05, 0.1) is 6.26 Å². The Labute approximate surface area is 82.7 Å². The van der Waals surface area contributed by atoms with Crippen LogP contribution >= 0.6 is 0 Å². The number of hydrogen-bond donors (Lipinski definition) is 2. The molecule has 0 fully saturated rings. The SMILES string of the molecule is C=COC(=O)NC(CC(C)C)C(=O)O. The third kappa shape index (κ3) is 5.18. The number of aliphatic carboxylic acids is 1. The van der Waals surface area contributed by atoms with Crippen LogP contribution < -0.4 is 5.32 Å². The Morgan fingerprint density at radius 3 is 2.50 bits per heavy atom. The van der Waals surface area contributed by atoms with Gasteiger partial charge >= 0.3 is 12.1 Å². The van der Waals surface area contributed by atoms with Crippen molar-refractivity contribution in [2.75, 3.05) is 0 Å². The van der Waals surface area contributed by atoms with E-state index in [1.165, 1.54) is 0 Å². The van der Waals surface area contributed by atoms with Gasteiger partial charge in [0.2, 0.25) is 0 Å². The minimum absolute atomic E-state index is 0.181. The van der Waals surface area contributed by atoms with E-state index in [0.29, 0.717) is 6.42 Å². The Morgan fingerprint density at radius 1 is 1.57 bits per heavy atom. The van der Waals surface area contributed by atoms with E-state index < -0.39 is 18.1 Å². The van der Waals surface area contributed by atoms with Crippen molar-refractivity contribution in [3.8, 4) is 0 Å². The molecule has 5 heteroatoms. The topological polar surface area (TPSA) is 75.6 Å². The van der Waals surface area contributed by atoms with E-state index in [4.69, 9.17) is 5.11 Å². The number of carbonyl (C=O) groups is 2. The van der Waals surface area contributed by atoms with Crippen LogP contribution in [0.3, 0.4) is 0 Å². The van der Waals surface area contributed by atoms with Crippen LogP contribution in [0, 0.1) is 5.92 Å². The van der Waals surface area contributed by atoms with Crippen molar-refractivity contribution in [2.45, 2.75) is 26.3 Å². The highest BCUT2D eigenvalue weighted by atomic mass is 16.5. The molecular weight excluding hydrogens is 186 g/mol. The smallest absolute Gasteiger partial charge is 0.412 e. The Hall–Kier alpha value is -1.52. The summed E-state index contributed by atoms with van der Waals surface area (Å²) in [6.07, 6.45) is 0.513. The molecule has 0 aliphatic rings. The fraction of sp³-hybridized carbons (Fsp3) is 0.556. The molecule has 0 aliphatic carbocycles. The standard InChI is InChI=1S/C9H15NO4/c1-4-14-9(13)10-7(8(11)12)5-6(2)3/h4,6-7H,1,5H2,2-3H3,(H,10,13)(H,11,12). The van der Waals surface area contributed by atoms with Crippen molar-refractivity contribution >= 4 is 12.1 Å². The minimum Gasteiger partial charge on any atom is -0.480 e. The van der Waals surface area contributed by atoms with Gasteiger partial charge in [0, 0.05) is 0 Å². The summed E-state index contributed by atoms with van der Waals surface area (Å²) in [6, 6.07) is -0.914. The molecule has 0 rings (SSSR count). The van der Waals surface area contributed by atoms with E-state index in [2.05, 4.69) is 16.6 Å². The largest absolute Gasteiger partial charge is 0.480 e. The van der Waals surface area contributed by atoms with Gasteiger partial charge in [-0.15, -0.1) is 0 Å². The molecule has 0 aromatic carbocycles. The fourth-order valence-corrected chi connectivity index (χ4v) is 0.945. The van der Waals surface area contributed by atoms with Gasteiger partial charge in [0.1, 0.15) is 6.04 Å². The molecule has 1 amide bonds. The Bertz CT molecular complexity index is 225. The molecule has 0 aliphatic heterocycles. The maximum absolute atomic E-state index is 10.9. The number of nitrogens with one attached hydrogen (secondary N) is 1.